The van der Waals surface area contributed by atoms with Gasteiger partial charge in [-0.1, -0.05) is 0 Å². The topological polar surface area (TPSA) is 21.3 Å². The molecule has 20 heavy (non-hydrogen) atoms. The van der Waals surface area contributed by atoms with Crippen LogP contribution in [0.3, 0.4) is 0 Å². The molecule has 2 aromatic rings. The molecule has 0 spiro atoms. The summed E-state index contributed by atoms with van der Waals surface area (Å²) in [6, 6.07) is 8.08. The normalized spacial score (nSPS) is 10.4. The van der Waals surface area contributed by atoms with Crippen LogP contribution in [-0.2, 0) is 6.54 Å². The van der Waals surface area contributed by atoms with Crippen LogP contribution in [0.4, 0.5) is 14.5 Å². The van der Waals surface area contributed by atoms with Crippen LogP contribution in [0.15, 0.2) is 34.8 Å². The minimum Gasteiger partial charge on any atom is -0.496 e. The molecule has 0 saturated carbocycles. The van der Waals surface area contributed by atoms with Crippen molar-refractivity contribution in [3.63, 3.8) is 0 Å². The number of anilines is 1. The van der Waals surface area contributed by atoms with Crippen LogP contribution < -0.4 is 10.1 Å². The average Bonchev–Trinajstić information content (AvgIpc) is 2.43. The third kappa shape index (κ3) is 3.10. The quantitative estimate of drug-likeness (QED) is 0.817. The lowest BCUT2D eigenvalue weighted by Crippen LogP contribution is -2.05. The second-order valence-corrected chi connectivity index (χ2v) is 5.21. The third-order valence-corrected chi connectivity index (χ3v) is 3.62. The molecule has 0 radical (unpaired) electrons. The number of hydrogen-bond donors (Lipinski definition) is 1. The zero-order valence-corrected chi connectivity index (χ0v) is 12.7. The first kappa shape index (κ1) is 14.8. The highest BCUT2D eigenvalue weighted by Crippen LogP contribution is 2.24. The number of rotatable bonds is 4. The van der Waals surface area contributed by atoms with Crippen LogP contribution in [0.25, 0.3) is 0 Å². The minimum atomic E-state index is -0.581. The Bertz CT molecular complexity index is 632. The molecule has 2 nitrogen and oxygen atoms in total. The molecule has 2 aromatic carbocycles. The number of aryl methyl sites for hydroxylation is 1. The van der Waals surface area contributed by atoms with Crippen molar-refractivity contribution >= 4 is 21.6 Å². The molecule has 0 aromatic heterocycles. The van der Waals surface area contributed by atoms with Crippen LogP contribution in [0.5, 0.6) is 5.75 Å². The lowest BCUT2D eigenvalue weighted by molar-refractivity contribution is 0.412. The molecule has 2 rings (SSSR count). The largest absolute Gasteiger partial charge is 0.496 e. The van der Waals surface area contributed by atoms with Crippen molar-refractivity contribution < 1.29 is 13.5 Å². The Morgan fingerprint density at radius 1 is 1.20 bits per heavy atom. The Balaban J connectivity index is 2.17. The van der Waals surface area contributed by atoms with Crippen LogP contribution in [0.2, 0.25) is 0 Å². The van der Waals surface area contributed by atoms with Crippen molar-refractivity contribution in [1.29, 1.82) is 0 Å². The first-order valence-electron chi connectivity index (χ1n) is 6.04. The molecule has 0 amide bonds. The molecule has 0 bridgehead atoms. The summed E-state index contributed by atoms with van der Waals surface area (Å²) in [5.41, 5.74) is 1.74. The number of benzene rings is 2. The molecule has 0 saturated heterocycles. The third-order valence-electron chi connectivity index (χ3n) is 3.00. The Morgan fingerprint density at radius 3 is 2.60 bits per heavy atom. The molecule has 5 heteroatoms. The summed E-state index contributed by atoms with van der Waals surface area (Å²) >= 11 is 3.05. The van der Waals surface area contributed by atoms with Crippen molar-refractivity contribution in [3.05, 3.63) is 57.6 Å². The zero-order valence-electron chi connectivity index (χ0n) is 11.1. The van der Waals surface area contributed by atoms with Gasteiger partial charge in [0, 0.05) is 17.8 Å². The van der Waals surface area contributed by atoms with E-state index in [9.17, 15) is 8.78 Å². The van der Waals surface area contributed by atoms with Gasteiger partial charge in [-0.15, -0.1) is 0 Å². The van der Waals surface area contributed by atoms with E-state index in [1.165, 1.54) is 12.1 Å². The molecule has 0 aliphatic carbocycles. The summed E-state index contributed by atoms with van der Waals surface area (Å²) in [5, 5.41) is 3.01. The maximum atomic E-state index is 13.8. The standard InChI is InChI=1S/C15H14BrF2NO/c1-9-7-10(3-6-14(9)20-2)19-8-11-13(17)5-4-12(16)15(11)18/h3-7,19H,8H2,1-2H3. The van der Waals surface area contributed by atoms with E-state index in [1.54, 1.807) is 13.2 Å². The molecule has 0 atom stereocenters. The van der Waals surface area contributed by atoms with Gasteiger partial charge in [0.1, 0.15) is 17.4 Å². The fraction of sp³-hybridized carbons (Fsp3) is 0.200. The molecule has 0 unspecified atom stereocenters. The van der Waals surface area contributed by atoms with Crippen molar-refractivity contribution in [2.45, 2.75) is 13.5 Å². The summed E-state index contributed by atoms with van der Waals surface area (Å²) in [6.45, 7) is 1.98. The maximum Gasteiger partial charge on any atom is 0.145 e. The predicted molar refractivity (Wildman–Crippen MR) is 79.1 cm³/mol. The summed E-state index contributed by atoms with van der Waals surface area (Å²) in [7, 11) is 1.60. The molecule has 0 aliphatic rings. The van der Waals surface area contributed by atoms with E-state index in [0.29, 0.717) is 0 Å². The van der Waals surface area contributed by atoms with E-state index in [0.717, 1.165) is 17.0 Å². The second kappa shape index (κ2) is 6.22. The Kier molecular flexibility index (Phi) is 4.60. The Morgan fingerprint density at radius 2 is 1.95 bits per heavy atom. The fourth-order valence-electron chi connectivity index (χ4n) is 1.91. The van der Waals surface area contributed by atoms with Gasteiger partial charge in [0.2, 0.25) is 0 Å². The zero-order chi connectivity index (χ0) is 14.7. The lowest BCUT2D eigenvalue weighted by Gasteiger charge is -2.11. The van der Waals surface area contributed by atoms with Gasteiger partial charge in [-0.3, -0.25) is 0 Å². The SMILES string of the molecule is COc1ccc(NCc2c(F)ccc(Br)c2F)cc1C. The molecule has 106 valence electrons. The lowest BCUT2D eigenvalue weighted by atomic mass is 10.1. The second-order valence-electron chi connectivity index (χ2n) is 4.36. The fourth-order valence-corrected chi connectivity index (χ4v) is 2.28. The van der Waals surface area contributed by atoms with Gasteiger partial charge in [0.05, 0.1) is 11.6 Å². The van der Waals surface area contributed by atoms with Crippen molar-refractivity contribution in [3.8, 4) is 5.75 Å². The number of nitrogens with one attached hydrogen (secondary N) is 1. The summed E-state index contributed by atoms with van der Waals surface area (Å²) in [6.07, 6.45) is 0. The highest BCUT2D eigenvalue weighted by Gasteiger charge is 2.12. The number of methoxy groups -OCH3 is 1. The van der Waals surface area contributed by atoms with Gasteiger partial charge < -0.3 is 10.1 Å². The Hall–Kier alpha value is -1.62. The highest BCUT2D eigenvalue weighted by molar-refractivity contribution is 9.10. The van der Waals surface area contributed by atoms with Gasteiger partial charge in [-0.05, 0) is 58.7 Å². The van der Waals surface area contributed by atoms with Crippen LogP contribution >= 0.6 is 15.9 Å². The van der Waals surface area contributed by atoms with Gasteiger partial charge >= 0.3 is 0 Å². The van der Waals surface area contributed by atoms with Gasteiger partial charge in [-0.2, -0.15) is 0 Å². The minimum absolute atomic E-state index is 0.00726. The van der Waals surface area contributed by atoms with Crippen molar-refractivity contribution in [1.82, 2.24) is 0 Å². The van der Waals surface area contributed by atoms with Gasteiger partial charge in [-0.25, -0.2) is 8.78 Å². The molecule has 0 heterocycles. The van der Waals surface area contributed by atoms with E-state index < -0.39 is 11.6 Å². The van der Waals surface area contributed by atoms with E-state index in [4.69, 9.17) is 4.74 Å². The average molecular weight is 342 g/mol. The van der Waals surface area contributed by atoms with E-state index >= 15 is 0 Å². The van der Waals surface area contributed by atoms with Crippen molar-refractivity contribution in [2.75, 3.05) is 12.4 Å². The van der Waals surface area contributed by atoms with E-state index in [-0.39, 0.29) is 16.6 Å². The van der Waals surface area contributed by atoms with Crippen LogP contribution in [0.1, 0.15) is 11.1 Å². The molecular weight excluding hydrogens is 328 g/mol. The summed E-state index contributed by atoms with van der Waals surface area (Å²) in [5.74, 6) is -0.374. The molecule has 1 N–H and O–H groups in total. The summed E-state index contributed by atoms with van der Waals surface area (Å²) < 4.78 is 32.8. The van der Waals surface area contributed by atoms with Crippen molar-refractivity contribution in [2.24, 2.45) is 0 Å². The van der Waals surface area contributed by atoms with Gasteiger partial charge in [0.15, 0.2) is 0 Å². The molecule has 0 aliphatic heterocycles. The molecule has 0 fully saturated rings. The smallest absolute Gasteiger partial charge is 0.145 e. The van der Waals surface area contributed by atoms with E-state index in [1.807, 2.05) is 19.1 Å². The predicted octanol–water partition coefficient (Wildman–Crippen LogP) is 4.66. The highest BCUT2D eigenvalue weighted by atomic mass is 79.9. The first-order chi connectivity index (χ1) is 9.52. The monoisotopic (exact) mass is 341 g/mol. The Labute approximate surface area is 124 Å². The maximum absolute atomic E-state index is 13.8. The van der Waals surface area contributed by atoms with Crippen LogP contribution in [0, 0.1) is 18.6 Å². The summed E-state index contributed by atoms with van der Waals surface area (Å²) in [4.78, 5) is 0. The molecular formula is C15H14BrF2NO. The number of ether oxygens (including phenoxy) is 1. The first-order valence-corrected chi connectivity index (χ1v) is 6.83. The van der Waals surface area contributed by atoms with E-state index in [2.05, 4.69) is 21.2 Å². The number of hydrogen-bond acceptors (Lipinski definition) is 2. The van der Waals surface area contributed by atoms with Gasteiger partial charge in [0.25, 0.3) is 0 Å². The number of halogens is 3. The van der Waals surface area contributed by atoms with Crippen LogP contribution in [-0.4, -0.2) is 7.11 Å².